The molecule has 7 heteroatoms. The van der Waals surface area contributed by atoms with Gasteiger partial charge in [-0.3, -0.25) is 4.79 Å². The minimum absolute atomic E-state index is 0.107. The van der Waals surface area contributed by atoms with Crippen molar-refractivity contribution in [1.82, 2.24) is 14.9 Å². The zero-order valence-corrected chi connectivity index (χ0v) is 13.8. The summed E-state index contributed by atoms with van der Waals surface area (Å²) in [7, 11) is 1.75. The summed E-state index contributed by atoms with van der Waals surface area (Å²) < 4.78 is 0. The lowest BCUT2D eigenvalue weighted by molar-refractivity contribution is 0.0783. The molecule has 2 aromatic heterocycles. The van der Waals surface area contributed by atoms with E-state index in [9.17, 15) is 4.79 Å². The van der Waals surface area contributed by atoms with Gasteiger partial charge in [0.05, 0.1) is 17.2 Å². The Bertz CT molecular complexity index is 644. The lowest BCUT2D eigenvalue weighted by atomic mass is 10.2. The molecule has 0 saturated heterocycles. The summed E-state index contributed by atoms with van der Waals surface area (Å²) in [4.78, 5) is 22.6. The first-order valence-electron chi connectivity index (χ1n) is 6.57. The average molecular weight is 325 g/mol. The van der Waals surface area contributed by atoms with Crippen molar-refractivity contribution in [3.05, 3.63) is 38.9 Å². The van der Waals surface area contributed by atoms with Crippen molar-refractivity contribution in [2.75, 3.05) is 18.9 Å². The fourth-order valence-electron chi connectivity index (χ4n) is 1.91. The standard InChI is InChI=1S/C14H17ClN4OS/c1-4-16-13-6-10(5-12(15)18-13)14(20)19(3)7-11-8-21-9(2)17-11/h5-6,8H,4,7H2,1-3H3,(H,16,18). The number of hydrogen-bond acceptors (Lipinski definition) is 5. The van der Waals surface area contributed by atoms with Crippen molar-refractivity contribution in [2.45, 2.75) is 20.4 Å². The molecule has 0 aliphatic rings. The van der Waals surface area contributed by atoms with Crippen molar-refractivity contribution in [2.24, 2.45) is 0 Å². The molecule has 0 unspecified atom stereocenters. The van der Waals surface area contributed by atoms with Crippen LogP contribution in [0, 0.1) is 6.92 Å². The van der Waals surface area contributed by atoms with E-state index in [0.29, 0.717) is 23.1 Å². The highest BCUT2D eigenvalue weighted by Crippen LogP contribution is 2.17. The van der Waals surface area contributed by atoms with Gasteiger partial charge in [0.15, 0.2) is 0 Å². The number of amides is 1. The number of rotatable bonds is 5. The van der Waals surface area contributed by atoms with Crippen LogP contribution in [0.5, 0.6) is 0 Å². The molecule has 0 bridgehead atoms. The second kappa shape index (κ2) is 6.87. The van der Waals surface area contributed by atoms with Gasteiger partial charge in [-0.1, -0.05) is 11.6 Å². The van der Waals surface area contributed by atoms with Gasteiger partial charge in [0, 0.05) is 24.5 Å². The molecule has 0 atom stereocenters. The molecule has 2 rings (SSSR count). The number of thiazole rings is 1. The second-order valence-electron chi connectivity index (χ2n) is 4.61. The quantitative estimate of drug-likeness (QED) is 0.858. The Morgan fingerprint density at radius 3 is 2.81 bits per heavy atom. The van der Waals surface area contributed by atoms with Crippen molar-refractivity contribution in [1.29, 1.82) is 0 Å². The van der Waals surface area contributed by atoms with Gasteiger partial charge in [-0.2, -0.15) is 0 Å². The highest BCUT2D eigenvalue weighted by molar-refractivity contribution is 7.09. The van der Waals surface area contributed by atoms with Crippen LogP contribution in [0.1, 0.15) is 28.0 Å². The molecule has 21 heavy (non-hydrogen) atoms. The summed E-state index contributed by atoms with van der Waals surface area (Å²) in [5, 5.41) is 6.31. The Balaban J connectivity index is 2.14. The minimum atomic E-state index is -0.107. The van der Waals surface area contributed by atoms with Gasteiger partial charge in [-0.15, -0.1) is 11.3 Å². The Morgan fingerprint density at radius 2 is 2.19 bits per heavy atom. The van der Waals surface area contributed by atoms with Crippen LogP contribution in [-0.4, -0.2) is 34.4 Å². The van der Waals surface area contributed by atoms with Crippen LogP contribution in [0.15, 0.2) is 17.5 Å². The largest absolute Gasteiger partial charge is 0.370 e. The number of aromatic nitrogens is 2. The summed E-state index contributed by atoms with van der Waals surface area (Å²) in [6.45, 7) is 5.09. The van der Waals surface area contributed by atoms with Crippen LogP contribution in [0.25, 0.3) is 0 Å². The predicted octanol–water partition coefficient (Wildman–Crippen LogP) is 3.20. The normalized spacial score (nSPS) is 10.5. The van der Waals surface area contributed by atoms with Crippen LogP contribution in [0.2, 0.25) is 5.15 Å². The average Bonchev–Trinajstić information content (AvgIpc) is 2.83. The lowest BCUT2D eigenvalue weighted by Crippen LogP contribution is -2.26. The molecule has 0 radical (unpaired) electrons. The van der Waals surface area contributed by atoms with E-state index in [4.69, 9.17) is 11.6 Å². The molecule has 1 N–H and O–H groups in total. The van der Waals surface area contributed by atoms with E-state index in [1.165, 1.54) is 0 Å². The predicted molar refractivity (Wildman–Crippen MR) is 86.1 cm³/mol. The molecule has 2 aromatic rings. The molecule has 112 valence electrons. The van der Waals surface area contributed by atoms with Crippen LogP contribution in [0.3, 0.4) is 0 Å². The highest BCUT2D eigenvalue weighted by atomic mass is 35.5. The van der Waals surface area contributed by atoms with E-state index in [1.807, 2.05) is 19.2 Å². The van der Waals surface area contributed by atoms with Crippen molar-refractivity contribution in [3.8, 4) is 0 Å². The SMILES string of the molecule is CCNc1cc(C(=O)N(C)Cc2csc(C)n2)cc(Cl)n1. The summed E-state index contributed by atoms with van der Waals surface area (Å²) in [5.41, 5.74) is 1.40. The van der Waals surface area contributed by atoms with E-state index < -0.39 is 0 Å². The fourth-order valence-corrected chi connectivity index (χ4v) is 2.72. The maximum atomic E-state index is 12.5. The van der Waals surface area contributed by atoms with Gasteiger partial charge in [-0.25, -0.2) is 9.97 Å². The van der Waals surface area contributed by atoms with E-state index in [0.717, 1.165) is 17.2 Å². The first kappa shape index (κ1) is 15.7. The molecule has 2 heterocycles. The topological polar surface area (TPSA) is 58.1 Å². The number of pyridine rings is 1. The maximum absolute atomic E-state index is 12.5. The zero-order chi connectivity index (χ0) is 15.4. The summed E-state index contributed by atoms with van der Waals surface area (Å²) in [5.74, 6) is 0.496. The number of carbonyl (C=O) groups excluding carboxylic acids is 1. The van der Waals surface area contributed by atoms with Gasteiger partial charge in [0.25, 0.3) is 5.91 Å². The van der Waals surface area contributed by atoms with Gasteiger partial charge >= 0.3 is 0 Å². The molecule has 0 fully saturated rings. The molecule has 5 nitrogen and oxygen atoms in total. The van der Waals surface area contributed by atoms with Crippen molar-refractivity contribution >= 4 is 34.7 Å². The van der Waals surface area contributed by atoms with Crippen molar-refractivity contribution < 1.29 is 4.79 Å². The molecule has 0 aliphatic heterocycles. The number of hydrogen-bond donors (Lipinski definition) is 1. The molecule has 0 aliphatic carbocycles. The van der Waals surface area contributed by atoms with E-state index in [-0.39, 0.29) is 5.91 Å². The monoisotopic (exact) mass is 324 g/mol. The number of anilines is 1. The third-order valence-corrected chi connectivity index (χ3v) is 3.83. The molecular weight excluding hydrogens is 308 g/mol. The maximum Gasteiger partial charge on any atom is 0.254 e. The van der Waals surface area contributed by atoms with Crippen LogP contribution < -0.4 is 5.32 Å². The fraction of sp³-hybridized carbons (Fsp3) is 0.357. The van der Waals surface area contributed by atoms with Gasteiger partial charge in [-0.05, 0) is 26.0 Å². The van der Waals surface area contributed by atoms with Gasteiger partial charge in [0.2, 0.25) is 0 Å². The molecule has 1 amide bonds. The van der Waals surface area contributed by atoms with Crippen LogP contribution in [-0.2, 0) is 6.54 Å². The number of carbonyl (C=O) groups is 1. The van der Waals surface area contributed by atoms with E-state index in [1.54, 1.807) is 35.4 Å². The Labute approximate surface area is 133 Å². The first-order chi connectivity index (χ1) is 9.99. The molecule has 0 saturated carbocycles. The molecular formula is C14H17ClN4OS. The summed E-state index contributed by atoms with van der Waals surface area (Å²) in [6.07, 6.45) is 0. The number of halogens is 1. The third-order valence-electron chi connectivity index (χ3n) is 2.81. The first-order valence-corrected chi connectivity index (χ1v) is 7.83. The number of nitrogens with one attached hydrogen (secondary N) is 1. The van der Waals surface area contributed by atoms with Crippen LogP contribution >= 0.6 is 22.9 Å². The highest BCUT2D eigenvalue weighted by Gasteiger charge is 2.15. The Hall–Kier alpha value is -1.66. The van der Waals surface area contributed by atoms with E-state index >= 15 is 0 Å². The minimum Gasteiger partial charge on any atom is -0.370 e. The molecule has 0 spiro atoms. The van der Waals surface area contributed by atoms with E-state index in [2.05, 4.69) is 15.3 Å². The van der Waals surface area contributed by atoms with Crippen LogP contribution in [0.4, 0.5) is 5.82 Å². The lowest BCUT2D eigenvalue weighted by Gasteiger charge is -2.16. The zero-order valence-electron chi connectivity index (χ0n) is 12.2. The number of aryl methyl sites for hydroxylation is 1. The molecule has 0 aromatic carbocycles. The summed E-state index contributed by atoms with van der Waals surface area (Å²) in [6, 6.07) is 3.29. The smallest absolute Gasteiger partial charge is 0.254 e. The Kier molecular flexibility index (Phi) is 5.14. The second-order valence-corrected chi connectivity index (χ2v) is 6.06. The third kappa shape index (κ3) is 4.15. The van der Waals surface area contributed by atoms with Crippen molar-refractivity contribution in [3.63, 3.8) is 0 Å². The van der Waals surface area contributed by atoms with Gasteiger partial charge in [0.1, 0.15) is 11.0 Å². The van der Waals surface area contributed by atoms with Gasteiger partial charge < -0.3 is 10.2 Å². The number of nitrogens with zero attached hydrogens (tertiary/aromatic N) is 3. The Morgan fingerprint density at radius 1 is 1.43 bits per heavy atom. The summed E-state index contributed by atoms with van der Waals surface area (Å²) >= 11 is 7.54.